The second-order valence-corrected chi connectivity index (χ2v) is 13.7. The first-order valence-corrected chi connectivity index (χ1v) is 15.4. The lowest BCUT2D eigenvalue weighted by Gasteiger charge is -2.61. The molecular weight excluding hydrogens is 446 g/mol. The zero-order valence-electron chi connectivity index (χ0n) is 23.7. The van der Waals surface area contributed by atoms with E-state index in [2.05, 4.69) is 31.4 Å². The van der Waals surface area contributed by atoms with Gasteiger partial charge in [-0.05, 0) is 130 Å². The van der Waals surface area contributed by atoms with Crippen molar-refractivity contribution in [3.8, 4) is 0 Å². The summed E-state index contributed by atoms with van der Waals surface area (Å²) < 4.78 is 0. The van der Waals surface area contributed by atoms with E-state index in [4.69, 9.17) is 5.73 Å². The molecule has 0 bridgehead atoms. The van der Waals surface area contributed by atoms with Crippen molar-refractivity contribution >= 4 is 11.8 Å². The first kappa shape index (κ1) is 27.9. The van der Waals surface area contributed by atoms with Gasteiger partial charge >= 0.3 is 0 Å². The molecule has 5 nitrogen and oxygen atoms in total. The molecule has 4 rings (SSSR count). The van der Waals surface area contributed by atoms with Gasteiger partial charge < -0.3 is 16.4 Å². The number of unbranched alkanes of at least 4 members (excludes halogenated alkanes) is 1. The smallest absolute Gasteiger partial charge is 0.234 e. The molecule has 0 saturated heterocycles. The van der Waals surface area contributed by atoms with E-state index in [-0.39, 0.29) is 17.9 Å². The van der Waals surface area contributed by atoms with E-state index >= 15 is 0 Å². The van der Waals surface area contributed by atoms with Crippen LogP contribution in [0.15, 0.2) is 0 Å². The highest BCUT2D eigenvalue weighted by molar-refractivity contribution is 5.79. The summed E-state index contributed by atoms with van der Waals surface area (Å²) in [6.07, 6.45) is 18.7. The van der Waals surface area contributed by atoms with Crippen molar-refractivity contribution in [2.75, 3.05) is 13.6 Å². The van der Waals surface area contributed by atoms with Crippen molar-refractivity contribution < 1.29 is 9.59 Å². The molecule has 2 amide bonds. The number of hydrogen-bond donors (Lipinski definition) is 3. The topological polar surface area (TPSA) is 84.2 Å². The summed E-state index contributed by atoms with van der Waals surface area (Å²) in [6, 6.07) is -0.270. The Balaban J connectivity index is 1.23. The Morgan fingerprint density at radius 2 is 1.69 bits per heavy atom. The Bertz CT molecular complexity index is 771. The maximum absolute atomic E-state index is 12.5. The summed E-state index contributed by atoms with van der Waals surface area (Å²) in [5.41, 5.74) is 6.48. The van der Waals surface area contributed by atoms with E-state index in [1.807, 2.05) is 0 Å². The molecule has 4 aliphatic rings. The minimum absolute atomic E-state index is 0.189. The molecule has 0 aliphatic heterocycles. The van der Waals surface area contributed by atoms with Crippen molar-refractivity contribution in [1.82, 2.24) is 10.6 Å². The van der Waals surface area contributed by atoms with Gasteiger partial charge in [0.05, 0.1) is 6.04 Å². The molecule has 206 valence electrons. The Morgan fingerprint density at radius 1 is 0.917 bits per heavy atom. The lowest BCUT2D eigenvalue weighted by Crippen LogP contribution is -2.53. The molecule has 0 heterocycles. The maximum atomic E-state index is 12.5. The number of carbonyl (C=O) groups excluding carboxylic acids is 2. The van der Waals surface area contributed by atoms with Crippen molar-refractivity contribution in [2.45, 2.75) is 123 Å². The molecule has 4 aliphatic carbocycles. The lowest BCUT2D eigenvalue weighted by molar-refractivity contribution is -0.122. The average molecular weight is 502 g/mol. The molecule has 4 saturated carbocycles. The zero-order chi connectivity index (χ0) is 25.9. The minimum atomic E-state index is -0.303. The number of nitrogens with two attached hydrogens (primary N) is 1. The highest BCUT2D eigenvalue weighted by Gasteiger charge is 2.60. The van der Waals surface area contributed by atoms with Gasteiger partial charge in [-0.25, -0.2) is 0 Å². The van der Waals surface area contributed by atoms with Gasteiger partial charge in [-0.15, -0.1) is 0 Å². The summed E-state index contributed by atoms with van der Waals surface area (Å²) in [6.45, 7) is 8.44. The third kappa shape index (κ3) is 5.52. The molecule has 9 atom stereocenters. The number of carbonyl (C=O) groups is 2. The highest BCUT2D eigenvalue weighted by atomic mass is 16.2. The fourth-order valence-corrected chi connectivity index (χ4v) is 10.0. The second kappa shape index (κ2) is 11.7. The molecule has 9 unspecified atom stereocenters. The van der Waals surface area contributed by atoms with E-state index in [9.17, 15) is 9.59 Å². The molecule has 36 heavy (non-hydrogen) atoms. The summed E-state index contributed by atoms with van der Waals surface area (Å²) in [7, 11) is 1.76. The Morgan fingerprint density at radius 3 is 2.44 bits per heavy atom. The number of likely N-dealkylation sites (N-methyl/N-ethyl adjacent to an activating group) is 1. The van der Waals surface area contributed by atoms with Crippen LogP contribution in [-0.4, -0.2) is 31.4 Å². The fraction of sp³-hybridized carbons (Fsp3) is 0.935. The predicted octanol–water partition coefficient (Wildman–Crippen LogP) is 5.81. The van der Waals surface area contributed by atoms with Crippen LogP contribution in [0.1, 0.15) is 117 Å². The average Bonchev–Trinajstić information content (AvgIpc) is 3.21. The van der Waals surface area contributed by atoms with Crippen LogP contribution < -0.4 is 16.4 Å². The van der Waals surface area contributed by atoms with Gasteiger partial charge in [0.25, 0.3) is 0 Å². The summed E-state index contributed by atoms with van der Waals surface area (Å²) in [5, 5.41) is 6.06. The summed E-state index contributed by atoms with van der Waals surface area (Å²) in [5.74, 6) is 5.13. The molecule has 0 aromatic carbocycles. The van der Waals surface area contributed by atoms with Crippen LogP contribution in [0.25, 0.3) is 0 Å². The van der Waals surface area contributed by atoms with Crippen LogP contribution in [-0.2, 0) is 9.59 Å². The normalized spacial score (nSPS) is 39.4. The molecule has 0 radical (unpaired) electrons. The molecule has 0 aromatic rings. The molecule has 5 heteroatoms. The van der Waals surface area contributed by atoms with Crippen molar-refractivity contribution in [3.63, 3.8) is 0 Å². The summed E-state index contributed by atoms with van der Waals surface area (Å²) in [4.78, 5) is 23.8. The van der Waals surface area contributed by atoms with Crippen LogP contribution in [0.5, 0.6) is 0 Å². The van der Waals surface area contributed by atoms with Gasteiger partial charge in [0.2, 0.25) is 11.8 Å². The van der Waals surface area contributed by atoms with E-state index in [0.717, 1.165) is 55.3 Å². The third-order valence-electron chi connectivity index (χ3n) is 12.1. The van der Waals surface area contributed by atoms with Gasteiger partial charge in [0.1, 0.15) is 0 Å². The molecule has 4 fully saturated rings. The minimum Gasteiger partial charge on any atom is -0.368 e. The van der Waals surface area contributed by atoms with Gasteiger partial charge in [-0.2, -0.15) is 0 Å². The lowest BCUT2D eigenvalue weighted by atomic mass is 9.44. The summed E-state index contributed by atoms with van der Waals surface area (Å²) >= 11 is 0. The molecule has 0 spiro atoms. The SMILES string of the molecule is CNC(CCCCNC(=O)CCC(C)C1CCC2C3CCC4CCCCC4(C)C3CCC12C)C(N)=O. The second-order valence-electron chi connectivity index (χ2n) is 13.7. The van der Waals surface area contributed by atoms with Gasteiger partial charge in [0, 0.05) is 13.0 Å². The van der Waals surface area contributed by atoms with Crippen LogP contribution in [0.2, 0.25) is 0 Å². The van der Waals surface area contributed by atoms with Crippen molar-refractivity contribution in [1.29, 1.82) is 0 Å². The van der Waals surface area contributed by atoms with Crippen LogP contribution >= 0.6 is 0 Å². The van der Waals surface area contributed by atoms with Crippen molar-refractivity contribution in [2.24, 2.45) is 52.1 Å². The number of nitrogens with one attached hydrogen (secondary N) is 2. The number of amides is 2. The fourth-order valence-electron chi connectivity index (χ4n) is 10.0. The highest BCUT2D eigenvalue weighted by Crippen LogP contribution is 2.68. The van der Waals surface area contributed by atoms with E-state index in [1.54, 1.807) is 7.05 Å². The van der Waals surface area contributed by atoms with Crippen LogP contribution in [0.4, 0.5) is 0 Å². The van der Waals surface area contributed by atoms with Gasteiger partial charge in [-0.3, -0.25) is 9.59 Å². The number of fused-ring (bicyclic) bond motifs is 5. The number of rotatable bonds is 11. The Labute approximate surface area is 220 Å². The van der Waals surface area contributed by atoms with Crippen LogP contribution in [0, 0.1) is 46.3 Å². The van der Waals surface area contributed by atoms with Crippen molar-refractivity contribution in [3.05, 3.63) is 0 Å². The molecule has 4 N–H and O–H groups in total. The van der Waals surface area contributed by atoms with Gasteiger partial charge in [0.15, 0.2) is 0 Å². The van der Waals surface area contributed by atoms with E-state index in [1.165, 1.54) is 64.2 Å². The Kier molecular flexibility index (Phi) is 9.11. The third-order valence-corrected chi connectivity index (χ3v) is 12.1. The Hall–Kier alpha value is -1.10. The standard InChI is InChI=1S/C31H55N3O2/c1-21(11-16-28(35)34-20-8-6-10-27(33-4)29(32)36)24-14-15-25-23-13-12-22-9-5-7-18-30(22,2)26(23)17-19-31(24,25)3/h21-27,33H,5-20H2,1-4H3,(H2,32,36)(H,34,35). The van der Waals surface area contributed by atoms with Gasteiger partial charge in [-0.1, -0.05) is 33.6 Å². The largest absolute Gasteiger partial charge is 0.368 e. The van der Waals surface area contributed by atoms with E-state index in [0.29, 0.717) is 29.7 Å². The van der Waals surface area contributed by atoms with E-state index < -0.39 is 0 Å². The predicted molar refractivity (Wildman–Crippen MR) is 147 cm³/mol. The first-order valence-electron chi connectivity index (χ1n) is 15.4. The molecule has 0 aromatic heterocycles. The monoisotopic (exact) mass is 501 g/mol. The van der Waals surface area contributed by atoms with Crippen LogP contribution in [0.3, 0.4) is 0 Å². The first-order chi connectivity index (χ1) is 17.2. The number of primary amides is 1. The zero-order valence-corrected chi connectivity index (χ0v) is 23.7. The number of hydrogen-bond acceptors (Lipinski definition) is 3. The molecular formula is C31H55N3O2. The quantitative estimate of drug-likeness (QED) is 0.312. The maximum Gasteiger partial charge on any atom is 0.234 e.